The molecule has 0 radical (unpaired) electrons. The van der Waals surface area contributed by atoms with Crippen molar-refractivity contribution in [3.8, 4) is 0 Å². The maximum absolute atomic E-state index is 4.08. The van der Waals surface area contributed by atoms with Crippen LogP contribution in [0.2, 0.25) is 0 Å². The number of aromatic nitrogens is 2. The van der Waals surface area contributed by atoms with E-state index in [1.54, 1.807) is 11.3 Å². The van der Waals surface area contributed by atoms with Crippen LogP contribution in [0, 0.1) is 6.92 Å². The van der Waals surface area contributed by atoms with Gasteiger partial charge in [-0.15, -0.1) is 16.4 Å². The molecule has 3 nitrogen and oxygen atoms in total. The van der Waals surface area contributed by atoms with Crippen molar-refractivity contribution in [1.82, 2.24) is 14.9 Å². The Balaban J connectivity index is 2.39. The number of nitrogens with one attached hydrogen (secondary N) is 1. The number of hydrogen-bond donors (Lipinski definition) is 1. The van der Waals surface area contributed by atoms with Crippen molar-refractivity contribution in [3.05, 3.63) is 31.4 Å². The van der Waals surface area contributed by atoms with Gasteiger partial charge in [0.25, 0.3) is 0 Å². The summed E-state index contributed by atoms with van der Waals surface area (Å²) in [6, 6.07) is 2.29. The predicted molar refractivity (Wildman–Crippen MR) is 72.2 cm³/mol. The molecule has 2 heterocycles. The van der Waals surface area contributed by atoms with Gasteiger partial charge in [-0.3, -0.25) is 0 Å². The molecule has 86 valence electrons. The van der Waals surface area contributed by atoms with Crippen molar-refractivity contribution in [2.24, 2.45) is 0 Å². The third kappa shape index (κ3) is 2.34. The minimum Gasteiger partial charge on any atom is -0.305 e. The van der Waals surface area contributed by atoms with Crippen LogP contribution in [0.15, 0.2) is 15.9 Å². The molecule has 1 N–H and O–H groups in total. The summed E-state index contributed by atoms with van der Waals surface area (Å²) in [5.41, 5.74) is 1.01. The van der Waals surface area contributed by atoms with Crippen molar-refractivity contribution in [2.45, 2.75) is 19.9 Å². The lowest BCUT2D eigenvalue weighted by atomic mass is 10.2. The van der Waals surface area contributed by atoms with Crippen molar-refractivity contribution < 1.29 is 0 Å². The highest BCUT2D eigenvalue weighted by Gasteiger charge is 2.21. The third-order valence-corrected chi connectivity index (χ3v) is 5.09. The van der Waals surface area contributed by atoms with E-state index in [1.165, 1.54) is 21.3 Å². The largest absolute Gasteiger partial charge is 0.305 e. The Morgan fingerprint density at radius 3 is 2.81 bits per heavy atom. The molecule has 0 spiro atoms. The quantitative estimate of drug-likeness (QED) is 0.939. The zero-order valence-electron chi connectivity index (χ0n) is 9.03. The molecule has 1 atom stereocenters. The van der Waals surface area contributed by atoms with Crippen molar-refractivity contribution >= 4 is 38.8 Å². The van der Waals surface area contributed by atoms with Crippen molar-refractivity contribution in [3.63, 3.8) is 0 Å². The van der Waals surface area contributed by atoms with E-state index in [4.69, 9.17) is 0 Å². The molecular weight excluding hydrogens is 306 g/mol. The Bertz CT molecular complexity index is 426. The average molecular weight is 318 g/mol. The summed E-state index contributed by atoms with van der Waals surface area (Å²) in [6.45, 7) is 5.04. The molecule has 6 heteroatoms. The molecule has 0 aliphatic rings. The Hall–Kier alpha value is -0.300. The van der Waals surface area contributed by atoms with E-state index in [-0.39, 0.29) is 6.04 Å². The van der Waals surface area contributed by atoms with E-state index in [0.29, 0.717) is 0 Å². The first-order chi connectivity index (χ1) is 7.74. The molecule has 0 aromatic carbocycles. The average Bonchev–Trinajstić information content (AvgIpc) is 2.84. The number of halogens is 1. The number of aryl methyl sites for hydroxylation is 1. The maximum Gasteiger partial charge on any atom is 0.0811 e. The predicted octanol–water partition coefficient (Wildman–Crippen LogP) is 3.37. The highest BCUT2D eigenvalue weighted by molar-refractivity contribution is 9.10. The van der Waals surface area contributed by atoms with Crippen LogP contribution in [-0.2, 0) is 0 Å². The van der Waals surface area contributed by atoms with Crippen LogP contribution in [0.5, 0.6) is 0 Å². The molecule has 0 fully saturated rings. The van der Waals surface area contributed by atoms with Gasteiger partial charge in [0.15, 0.2) is 0 Å². The second-order valence-corrected chi connectivity index (χ2v) is 5.93. The van der Waals surface area contributed by atoms with Gasteiger partial charge in [-0.1, -0.05) is 11.4 Å². The summed E-state index contributed by atoms with van der Waals surface area (Å²) in [6.07, 6.45) is 0. The Morgan fingerprint density at radius 1 is 1.50 bits per heavy atom. The Labute approximate surface area is 111 Å². The Morgan fingerprint density at radius 2 is 2.31 bits per heavy atom. The van der Waals surface area contributed by atoms with Crippen LogP contribution in [0.1, 0.15) is 28.4 Å². The second-order valence-electron chi connectivity index (χ2n) is 3.35. The fraction of sp³-hybridized carbons (Fsp3) is 0.400. The van der Waals surface area contributed by atoms with Gasteiger partial charge in [0.05, 0.1) is 16.6 Å². The van der Waals surface area contributed by atoms with Gasteiger partial charge in [-0.05, 0) is 52.4 Å². The molecule has 2 aromatic rings. The number of thiophene rings is 1. The minimum absolute atomic E-state index is 0.208. The maximum atomic E-state index is 4.08. The van der Waals surface area contributed by atoms with Gasteiger partial charge >= 0.3 is 0 Å². The van der Waals surface area contributed by atoms with Crippen LogP contribution in [0.3, 0.4) is 0 Å². The van der Waals surface area contributed by atoms with Gasteiger partial charge in [0.1, 0.15) is 0 Å². The van der Waals surface area contributed by atoms with Crippen LogP contribution >= 0.6 is 38.8 Å². The fourth-order valence-corrected chi connectivity index (χ4v) is 4.01. The molecule has 2 rings (SSSR count). The molecule has 1 unspecified atom stereocenters. The number of nitrogens with zero attached hydrogens (tertiary/aromatic N) is 2. The summed E-state index contributed by atoms with van der Waals surface area (Å²) in [5, 5.41) is 9.65. The van der Waals surface area contributed by atoms with Crippen molar-refractivity contribution in [2.75, 3.05) is 6.54 Å². The molecule has 0 saturated carbocycles. The first kappa shape index (κ1) is 12.2. The summed E-state index contributed by atoms with van der Waals surface area (Å²) < 4.78 is 5.15. The lowest BCUT2D eigenvalue weighted by molar-refractivity contribution is 0.642. The molecule has 0 saturated heterocycles. The molecule has 2 aromatic heterocycles. The van der Waals surface area contributed by atoms with E-state index in [9.17, 15) is 0 Å². The number of hydrogen-bond acceptors (Lipinski definition) is 5. The molecule has 0 bridgehead atoms. The van der Waals surface area contributed by atoms with E-state index < -0.39 is 0 Å². The molecule has 16 heavy (non-hydrogen) atoms. The van der Waals surface area contributed by atoms with Crippen molar-refractivity contribution in [1.29, 1.82) is 0 Å². The second kappa shape index (κ2) is 5.35. The molecule has 0 aliphatic carbocycles. The summed E-state index contributed by atoms with van der Waals surface area (Å²) in [5.74, 6) is 0. The molecule has 0 amide bonds. The summed E-state index contributed by atoms with van der Waals surface area (Å²) >= 11 is 6.79. The van der Waals surface area contributed by atoms with Gasteiger partial charge in [-0.25, -0.2) is 0 Å². The van der Waals surface area contributed by atoms with Crippen LogP contribution in [0.25, 0.3) is 0 Å². The smallest absolute Gasteiger partial charge is 0.0811 e. The lowest BCUT2D eigenvalue weighted by Crippen LogP contribution is -2.21. The topological polar surface area (TPSA) is 37.8 Å². The zero-order chi connectivity index (χ0) is 11.5. The van der Waals surface area contributed by atoms with Gasteiger partial charge in [0.2, 0.25) is 0 Å². The first-order valence-corrected chi connectivity index (χ1v) is 7.43. The highest BCUT2D eigenvalue weighted by atomic mass is 79.9. The zero-order valence-corrected chi connectivity index (χ0v) is 12.2. The van der Waals surface area contributed by atoms with Gasteiger partial charge < -0.3 is 5.32 Å². The van der Waals surface area contributed by atoms with Crippen LogP contribution in [-0.4, -0.2) is 16.1 Å². The standard InChI is InChI=1S/C10H12BrN3S2/c1-3-12-8(9-6(2)13-14-16-9)10-7(11)4-5-15-10/h4-5,8,12H,3H2,1-2H3. The minimum atomic E-state index is 0.208. The number of rotatable bonds is 4. The summed E-state index contributed by atoms with van der Waals surface area (Å²) in [7, 11) is 0. The van der Waals surface area contributed by atoms with Crippen LogP contribution in [0.4, 0.5) is 0 Å². The van der Waals surface area contributed by atoms with E-state index >= 15 is 0 Å². The summed E-state index contributed by atoms with van der Waals surface area (Å²) in [4.78, 5) is 2.49. The van der Waals surface area contributed by atoms with E-state index in [1.807, 2.05) is 6.92 Å². The normalized spacial score (nSPS) is 12.9. The SMILES string of the molecule is CCNC(c1sccc1Br)c1snnc1C. The fourth-order valence-electron chi connectivity index (χ4n) is 1.52. The highest BCUT2D eigenvalue weighted by Crippen LogP contribution is 2.35. The van der Waals surface area contributed by atoms with Gasteiger partial charge in [-0.2, -0.15) is 0 Å². The lowest BCUT2D eigenvalue weighted by Gasteiger charge is -2.15. The Kier molecular flexibility index (Phi) is 4.07. The van der Waals surface area contributed by atoms with Gasteiger partial charge in [0, 0.05) is 9.35 Å². The third-order valence-electron chi connectivity index (χ3n) is 2.26. The van der Waals surface area contributed by atoms with E-state index in [0.717, 1.165) is 16.7 Å². The molecule has 0 aliphatic heterocycles. The van der Waals surface area contributed by atoms with Crippen LogP contribution < -0.4 is 5.32 Å². The van der Waals surface area contributed by atoms with E-state index in [2.05, 4.69) is 49.2 Å². The monoisotopic (exact) mass is 317 g/mol. The first-order valence-electron chi connectivity index (χ1n) is 4.99. The molecular formula is C10H12BrN3S2.